The standard InChI is InChI=1S/C12H28N2S/c1-6-8-12(7-2,10-13)14(4)11(3)9-15-5/h11H,6-10,13H2,1-5H3. The van der Waals surface area contributed by atoms with Crippen molar-refractivity contribution < 1.29 is 0 Å². The van der Waals surface area contributed by atoms with Gasteiger partial charge in [-0.15, -0.1) is 0 Å². The first-order valence-corrected chi connectivity index (χ1v) is 7.39. The smallest absolute Gasteiger partial charge is 0.0329 e. The third kappa shape index (κ3) is 3.97. The molecular weight excluding hydrogens is 204 g/mol. The van der Waals surface area contributed by atoms with Gasteiger partial charge in [-0.05, 0) is 33.1 Å². The lowest BCUT2D eigenvalue weighted by Crippen LogP contribution is -2.55. The lowest BCUT2D eigenvalue weighted by Gasteiger charge is -2.44. The number of hydrogen-bond donors (Lipinski definition) is 1. The van der Waals surface area contributed by atoms with Crippen LogP contribution in [0.15, 0.2) is 0 Å². The Bertz CT molecular complexity index is 158. The molecule has 0 aromatic carbocycles. The molecule has 0 aromatic heterocycles. The van der Waals surface area contributed by atoms with Crippen molar-refractivity contribution in [3.63, 3.8) is 0 Å². The molecule has 2 atom stereocenters. The Labute approximate surface area is 100.0 Å². The predicted octanol–water partition coefficient (Wildman–Crippen LogP) is 2.58. The number of hydrogen-bond acceptors (Lipinski definition) is 3. The van der Waals surface area contributed by atoms with Gasteiger partial charge in [0.25, 0.3) is 0 Å². The first kappa shape index (κ1) is 15.3. The Morgan fingerprint density at radius 1 is 1.40 bits per heavy atom. The Balaban J connectivity index is 4.58. The van der Waals surface area contributed by atoms with Crippen LogP contribution in [0.25, 0.3) is 0 Å². The van der Waals surface area contributed by atoms with Crippen LogP contribution in [0.1, 0.15) is 40.0 Å². The molecule has 0 rings (SSSR count). The maximum absolute atomic E-state index is 5.99. The molecule has 92 valence electrons. The fraction of sp³-hybridized carbons (Fsp3) is 1.00. The minimum Gasteiger partial charge on any atom is -0.329 e. The molecule has 2 N–H and O–H groups in total. The van der Waals surface area contributed by atoms with Crippen LogP contribution in [0.4, 0.5) is 0 Å². The molecule has 0 radical (unpaired) electrons. The highest BCUT2D eigenvalue weighted by Gasteiger charge is 2.32. The van der Waals surface area contributed by atoms with Crippen LogP contribution < -0.4 is 5.73 Å². The quantitative estimate of drug-likeness (QED) is 0.697. The minimum absolute atomic E-state index is 0.212. The molecule has 0 aliphatic carbocycles. The molecule has 0 spiro atoms. The van der Waals surface area contributed by atoms with Crippen LogP contribution >= 0.6 is 11.8 Å². The van der Waals surface area contributed by atoms with E-state index >= 15 is 0 Å². The zero-order valence-electron chi connectivity index (χ0n) is 11.0. The van der Waals surface area contributed by atoms with Crippen LogP contribution in [-0.2, 0) is 0 Å². The van der Waals surface area contributed by atoms with E-state index in [2.05, 4.69) is 39.0 Å². The number of rotatable bonds is 8. The Morgan fingerprint density at radius 2 is 2.00 bits per heavy atom. The first-order valence-electron chi connectivity index (χ1n) is 5.99. The number of likely N-dealkylation sites (N-methyl/N-ethyl adjacent to an activating group) is 1. The van der Waals surface area contributed by atoms with E-state index in [1.54, 1.807) is 0 Å². The largest absolute Gasteiger partial charge is 0.329 e. The lowest BCUT2D eigenvalue weighted by molar-refractivity contribution is 0.0803. The Kier molecular flexibility index (Phi) is 7.66. The number of nitrogens with zero attached hydrogens (tertiary/aromatic N) is 1. The molecular formula is C12H28N2S. The van der Waals surface area contributed by atoms with Crippen molar-refractivity contribution in [3.05, 3.63) is 0 Å². The summed E-state index contributed by atoms with van der Waals surface area (Å²) in [6.45, 7) is 7.57. The highest BCUT2D eigenvalue weighted by atomic mass is 32.2. The maximum Gasteiger partial charge on any atom is 0.0329 e. The van der Waals surface area contributed by atoms with E-state index in [1.165, 1.54) is 18.6 Å². The van der Waals surface area contributed by atoms with E-state index < -0.39 is 0 Å². The van der Waals surface area contributed by atoms with E-state index in [0.29, 0.717) is 6.04 Å². The molecule has 0 heterocycles. The van der Waals surface area contributed by atoms with Gasteiger partial charge in [-0.25, -0.2) is 0 Å². The van der Waals surface area contributed by atoms with Gasteiger partial charge in [0.2, 0.25) is 0 Å². The van der Waals surface area contributed by atoms with Gasteiger partial charge in [0, 0.05) is 23.9 Å². The average Bonchev–Trinajstić information content (AvgIpc) is 2.25. The van der Waals surface area contributed by atoms with Crippen LogP contribution in [-0.4, -0.2) is 42.1 Å². The number of thioether (sulfide) groups is 1. The molecule has 0 fully saturated rings. The van der Waals surface area contributed by atoms with Crippen molar-refractivity contribution >= 4 is 11.8 Å². The maximum atomic E-state index is 5.99. The number of nitrogens with two attached hydrogens (primary N) is 1. The molecule has 2 nitrogen and oxygen atoms in total. The summed E-state index contributed by atoms with van der Waals surface area (Å²) in [5.41, 5.74) is 6.20. The summed E-state index contributed by atoms with van der Waals surface area (Å²) < 4.78 is 0. The highest BCUT2D eigenvalue weighted by Crippen LogP contribution is 2.26. The average molecular weight is 232 g/mol. The zero-order chi connectivity index (χ0) is 11.9. The van der Waals surface area contributed by atoms with Gasteiger partial charge >= 0.3 is 0 Å². The van der Waals surface area contributed by atoms with E-state index in [-0.39, 0.29) is 5.54 Å². The van der Waals surface area contributed by atoms with Crippen molar-refractivity contribution in [1.29, 1.82) is 0 Å². The topological polar surface area (TPSA) is 29.3 Å². The molecule has 0 amide bonds. The Hall–Kier alpha value is 0.270. The summed E-state index contributed by atoms with van der Waals surface area (Å²) in [5, 5.41) is 0. The van der Waals surface area contributed by atoms with Gasteiger partial charge in [0.15, 0.2) is 0 Å². The SMILES string of the molecule is CCCC(CC)(CN)N(C)C(C)CSC. The molecule has 0 aliphatic rings. The highest BCUT2D eigenvalue weighted by molar-refractivity contribution is 7.98. The lowest BCUT2D eigenvalue weighted by atomic mass is 9.88. The zero-order valence-corrected chi connectivity index (χ0v) is 11.9. The summed E-state index contributed by atoms with van der Waals surface area (Å²) >= 11 is 1.91. The molecule has 0 saturated carbocycles. The van der Waals surface area contributed by atoms with Crippen molar-refractivity contribution in [1.82, 2.24) is 4.90 Å². The summed E-state index contributed by atoms with van der Waals surface area (Å²) in [4.78, 5) is 2.49. The molecule has 15 heavy (non-hydrogen) atoms. The van der Waals surface area contributed by atoms with Crippen LogP contribution in [0.3, 0.4) is 0 Å². The predicted molar refractivity (Wildman–Crippen MR) is 72.6 cm³/mol. The van der Waals surface area contributed by atoms with Gasteiger partial charge in [-0.3, -0.25) is 4.90 Å². The first-order chi connectivity index (χ1) is 7.07. The third-order valence-corrected chi connectivity index (χ3v) is 4.39. The van der Waals surface area contributed by atoms with Crippen molar-refractivity contribution in [2.24, 2.45) is 5.73 Å². The molecule has 2 unspecified atom stereocenters. The van der Waals surface area contributed by atoms with Crippen molar-refractivity contribution in [2.45, 2.75) is 51.6 Å². The molecule has 0 aliphatic heterocycles. The molecule has 3 heteroatoms. The normalized spacial score (nSPS) is 17.8. The second-order valence-electron chi connectivity index (χ2n) is 4.45. The summed E-state index contributed by atoms with van der Waals surface area (Å²) in [5.74, 6) is 1.18. The van der Waals surface area contributed by atoms with E-state index in [4.69, 9.17) is 5.73 Å². The fourth-order valence-corrected chi connectivity index (χ4v) is 2.98. The van der Waals surface area contributed by atoms with E-state index in [1.807, 2.05) is 11.8 Å². The van der Waals surface area contributed by atoms with E-state index in [9.17, 15) is 0 Å². The molecule has 0 saturated heterocycles. The minimum atomic E-state index is 0.212. The summed E-state index contributed by atoms with van der Waals surface area (Å²) in [6.07, 6.45) is 5.73. The van der Waals surface area contributed by atoms with Gasteiger partial charge in [0.1, 0.15) is 0 Å². The van der Waals surface area contributed by atoms with Crippen LogP contribution in [0.2, 0.25) is 0 Å². The molecule has 0 bridgehead atoms. The summed E-state index contributed by atoms with van der Waals surface area (Å²) in [7, 11) is 2.23. The van der Waals surface area contributed by atoms with Gasteiger partial charge in [0.05, 0.1) is 0 Å². The fourth-order valence-electron chi connectivity index (χ4n) is 2.28. The monoisotopic (exact) mass is 232 g/mol. The summed E-state index contributed by atoms with van der Waals surface area (Å²) in [6, 6.07) is 0.607. The van der Waals surface area contributed by atoms with Crippen LogP contribution in [0.5, 0.6) is 0 Å². The third-order valence-electron chi connectivity index (χ3n) is 3.57. The van der Waals surface area contributed by atoms with Crippen LogP contribution in [0, 0.1) is 0 Å². The van der Waals surface area contributed by atoms with E-state index in [0.717, 1.165) is 13.0 Å². The second kappa shape index (κ2) is 7.53. The van der Waals surface area contributed by atoms with Gasteiger partial charge in [-0.1, -0.05) is 20.3 Å². The van der Waals surface area contributed by atoms with Crippen molar-refractivity contribution in [3.8, 4) is 0 Å². The molecule has 0 aromatic rings. The van der Waals surface area contributed by atoms with Gasteiger partial charge in [-0.2, -0.15) is 11.8 Å². The second-order valence-corrected chi connectivity index (χ2v) is 5.36. The van der Waals surface area contributed by atoms with Crippen molar-refractivity contribution in [2.75, 3.05) is 25.6 Å². The van der Waals surface area contributed by atoms with Gasteiger partial charge < -0.3 is 5.73 Å². The Morgan fingerprint density at radius 3 is 2.33 bits per heavy atom.